The molecule has 0 aliphatic carbocycles. The minimum atomic E-state index is -0.712. The van der Waals surface area contributed by atoms with Crippen LogP contribution in [0.15, 0.2) is 31.8 Å². The van der Waals surface area contributed by atoms with Gasteiger partial charge in [0, 0.05) is 4.90 Å². The molecule has 2 aromatic rings. The van der Waals surface area contributed by atoms with Crippen molar-refractivity contribution < 1.29 is 9.50 Å². The second-order valence-electron chi connectivity index (χ2n) is 3.50. The summed E-state index contributed by atoms with van der Waals surface area (Å²) in [5.74, 6) is -0.350. The van der Waals surface area contributed by atoms with E-state index in [0.717, 1.165) is 13.6 Å². The highest BCUT2D eigenvalue weighted by Gasteiger charge is 2.13. The number of benzene rings is 1. The van der Waals surface area contributed by atoms with Gasteiger partial charge in [0.15, 0.2) is 8.68 Å². The molecule has 1 heterocycles. The number of aliphatic hydroxyl groups excluding tert-OH is 1. The van der Waals surface area contributed by atoms with Gasteiger partial charge in [-0.15, -0.1) is 10.2 Å². The van der Waals surface area contributed by atoms with Crippen LogP contribution in [0.2, 0.25) is 0 Å². The lowest BCUT2D eigenvalue weighted by Crippen LogP contribution is -1.95. The van der Waals surface area contributed by atoms with Gasteiger partial charge in [0.05, 0.1) is 6.10 Å². The second-order valence-corrected chi connectivity index (χ2v) is 6.82. The van der Waals surface area contributed by atoms with Crippen molar-refractivity contribution in [2.75, 3.05) is 6.26 Å². The van der Waals surface area contributed by atoms with Gasteiger partial charge < -0.3 is 5.11 Å². The molecule has 0 spiro atoms. The van der Waals surface area contributed by atoms with Crippen LogP contribution in [0, 0.1) is 5.82 Å². The summed E-state index contributed by atoms with van der Waals surface area (Å²) in [4.78, 5) is 0.801. The van der Waals surface area contributed by atoms with Crippen LogP contribution >= 0.6 is 34.9 Å². The topological polar surface area (TPSA) is 46.0 Å². The maximum absolute atomic E-state index is 13.2. The van der Waals surface area contributed by atoms with E-state index in [4.69, 9.17) is 0 Å². The molecule has 0 amide bonds. The Morgan fingerprint density at radius 2 is 2.06 bits per heavy atom. The number of aromatic nitrogens is 2. The summed E-state index contributed by atoms with van der Waals surface area (Å²) < 4.78 is 14.8. The number of halogens is 1. The molecule has 7 heteroatoms. The van der Waals surface area contributed by atoms with Crippen LogP contribution < -0.4 is 0 Å². The van der Waals surface area contributed by atoms with E-state index in [1.54, 1.807) is 13.0 Å². The van der Waals surface area contributed by atoms with Crippen molar-refractivity contribution >= 4 is 34.9 Å². The van der Waals surface area contributed by atoms with Crippen molar-refractivity contribution in [2.45, 2.75) is 26.6 Å². The lowest BCUT2D eigenvalue weighted by Gasteiger charge is -2.10. The molecule has 3 nitrogen and oxygen atoms in total. The van der Waals surface area contributed by atoms with Gasteiger partial charge in [-0.1, -0.05) is 34.9 Å². The van der Waals surface area contributed by atoms with Crippen molar-refractivity contribution in [1.82, 2.24) is 10.2 Å². The zero-order valence-corrected chi connectivity index (χ0v) is 12.2. The number of hydrogen-bond donors (Lipinski definition) is 1. The van der Waals surface area contributed by atoms with E-state index < -0.39 is 6.10 Å². The van der Waals surface area contributed by atoms with Gasteiger partial charge in [-0.3, -0.25) is 0 Å². The monoisotopic (exact) mass is 302 g/mol. The lowest BCUT2D eigenvalue weighted by molar-refractivity contribution is 0.196. The minimum Gasteiger partial charge on any atom is -0.389 e. The standard InChI is InChI=1S/C11H11FN2OS3/c1-6(15)8-5-7(12)3-4-9(8)17-11-14-13-10(16-2)18-11/h3-6,15H,1-2H3/t6-/m1/s1. The molecule has 0 radical (unpaired) electrons. The largest absolute Gasteiger partial charge is 0.389 e. The van der Waals surface area contributed by atoms with Gasteiger partial charge in [0.1, 0.15) is 5.82 Å². The van der Waals surface area contributed by atoms with Crippen LogP contribution in [0.25, 0.3) is 0 Å². The van der Waals surface area contributed by atoms with Crippen molar-refractivity contribution in [3.8, 4) is 0 Å². The summed E-state index contributed by atoms with van der Waals surface area (Å²) in [6.07, 6.45) is 1.23. The third kappa shape index (κ3) is 3.23. The lowest BCUT2D eigenvalue weighted by atomic mass is 10.1. The number of hydrogen-bond acceptors (Lipinski definition) is 6. The summed E-state index contributed by atoms with van der Waals surface area (Å²) in [7, 11) is 0. The third-order valence-corrected chi connectivity index (χ3v) is 5.22. The molecule has 0 unspecified atom stereocenters. The first-order valence-corrected chi connectivity index (χ1v) is 7.99. The van der Waals surface area contributed by atoms with E-state index in [-0.39, 0.29) is 5.82 Å². The molecular weight excluding hydrogens is 291 g/mol. The highest BCUT2D eigenvalue weighted by Crippen LogP contribution is 2.36. The first-order valence-electron chi connectivity index (χ1n) is 5.13. The summed E-state index contributed by atoms with van der Waals surface area (Å²) in [6.45, 7) is 1.62. The predicted molar refractivity (Wildman–Crippen MR) is 72.8 cm³/mol. The number of rotatable bonds is 4. The van der Waals surface area contributed by atoms with Gasteiger partial charge in [-0.2, -0.15) is 0 Å². The molecule has 0 bridgehead atoms. The van der Waals surface area contributed by atoms with E-state index in [2.05, 4.69) is 10.2 Å². The molecule has 0 saturated carbocycles. The van der Waals surface area contributed by atoms with E-state index in [1.807, 2.05) is 6.26 Å². The number of thioether (sulfide) groups is 1. The third-order valence-electron chi connectivity index (χ3n) is 2.18. The van der Waals surface area contributed by atoms with E-state index >= 15 is 0 Å². The predicted octanol–water partition coefficient (Wildman–Crippen LogP) is 3.60. The zero-order chi connectivity index (χ0) is 13.1. The van der Waals surface area contributed by atoms with Gasteiger partial charge in [-0.05, 0) is 36.9 Å². The van der Waals surface area contributed by atoms with Crippen LogP contribution in [0.5, 0.6) is 0 Å². The van der Waals surface area contributed by atoms with Crippen molar-refractivity contribution in [3.63, 3.8) is 0 Å². The van der Waals surface area contributed by atoms with Crippen LogP contribution in [0.4, 0.5) is 4.39 Å². The normalized spacial score (nSPS) is 12.7. The molecule has 0 aliphatic rings. The number of aliphatic hydroxyl groups is 1. The molecule has 18 heavy (non-hydrogen) atoms. The molecule has 1 N–H and O–H groups in total. The number of nitrogens with zero attached hydrogens (tertiary/aromatic N) is 2. The van der Waals surface area contributed by atoms with Crippen LogP contribution in [-0.4, -0.2) is 21.6 Å². The van der Waals surface area contributed by atoms with Crippen LogP contribution in [0.1, 0.15) is 18.6 Å². The highest BCUT2D eigenvalue weighted by molar-refractivity contribution is 8.03. The smallest absolute Gasteiger partial charge is 0.179 e. The Kier molecular flexibility index (Phi) is 4.60. The quantitative estimate of drug-likeness (QED) is 0.874. The minimum absolute atomic E-state index is 0.350. The van der Waals surface area contributed by atoms with Crippen molar-refractivity contribution in [3.05, 3.63) is 29.6 Å². The Balaban J connectivity index is 2.28. The Morgan fingerprint density at radius 1 is 1.33 bits per heavy atom. The molecule has 1 atom stereocenters. The van der Waals surface area contributed by atoms with Crippen LogP contribution in [0.3, 0.4) is 0 Å². The Labute approximate surface area is 117 Å². The van der Waals surface area contributed by atoms with Gasteiger partial charge in [0.2, 0.25) is 0 Å². The van der Waals surface area contributed by atoms with E-state index in [1.165, 1.54) is 47.0 Å². The Bertz CT molecular complexity index is 545. The zero-order valence-electron chi connectivity index (χ0n) is 9.75. The summed E-state index contributed by atoms with van der Waals surface area (Å²) >= 11 is 4.41. The maximum Gasteiger partial charge on any atom is 0.179 e. The molecule has 2 rings (SSSR count). The fraction of sp³-hybridized carbons (Fsp3) is 0.273. The summed E-state index contributed by atoms with van der Waals surface area (Å²) in [6, 6.07) is 4.39. The van der Waals surface area contributed by atoms with Gasteiger partial charge in [-0.25, -0.2) is 4.39 Å². The molecular formula is C11H11FN2OS3. The molecule has 0 fully saturated rings. The van der Waals surface area contributed by atoms with Gasteiger partial charge >= 0.3 is 0 Å². The first-order chi connectivity index (χ1) is 8.60. The van der Waals surface area contributed by atoms with E-state index in [0.29, 0.717) is 5.56 Å². The van der Waals surface area contributed by atoms with Gasteiger partial charge in [0.25, 0.3) is 0 Å². The molecule has 0 saturated heterocycles. The second kappa shape index (κ2) is 6.01. The fourth-order valence-electron chi connectivity index (χ4n) is 1.35. The summed E-state index contributed by atoms with van der Waals surface area (Å²) in [5.41, 5.74) is 0.570. The molecule has 0 aliphatic heterocycles. The average Bonchev–Trinajstić information content (AvgIpc) is 2.79. The van der Waals surface area contributed by atoms with Crippen LogP contribution in [-0.2, 0) is 0 Å². The molecule has 1 aromatic heterocycles. The van der Waals surface area contributed by atoms with E-state index in [9.17, 15) is 9.50 Å². The molecule has 1 aromatic carbocycles. The highest BCUT2D eigenvalue weighted by atomic mass is 32.2. The Morgan fingerprint density at radius 3 is 2.67 bits per heavy atom. The average molecular weight is 302 g/mol. The fourth-order valence-corrected chi connectivity index (χ4v) is 3.94. The SMILES string of the molecule is CSc1nnc(Sc2ccc(F)cc2[C@@H](C)O)s1. The first kappa shape index (κ1) is 13.8. The van der Waals surface area contributed by atoms with Crippen molar-refractivity contribution in [2.24, 2.45) is 0 Å². The summed E-state index contributed by atoms with van der Waals surface area (Å²) in [5, 5.41) is 17.7. The van der Waals surface area contributed by atoms with Crippen molar-refractivity contribution in [1.29, 1.82) is 0 Å². The maximum atomic E-state index is 13.2. The Hall–Kier alpha value is -0.630. The molecule has 96 valence electrons.